The van der Waals surface area contributed by atoms with Crippen LogP contribution in [0.2, 0.25) is 0 Å². The van der Waals surface area contributed by atoms with Gasteiger partial charge in [-0.25, -0.2) is 8.42 Å². The van der Waals surface area contributed by atoms with E-state index in [-0.39, 0.29) is 16.9 Å². The SMILES string of the molecule is C[C@H](NS(=O)(=O)c1ccc(OC2CCCC2)cc1)C(=O)N1CCCC1. The van der Waals surface area contributed by atoms with E-state index in [4.69, 9.17) is 4.74 Å². The van der Waals surface area contributed by atoms with Crippen LogP contribution in [0.3, 0.4) is 0 Å². The second-order valence-corrected chi connectivity index (χ2v) is 8.59. The quantitative estimate of drug-likeness (QED) is 0.838. The Kier molecular flexibility index (Phi) is 5.64. The second-order valence-electron chi connectivity index (χ2n) is 6.87. The van der Waals surface area contributed by atoms with E-state index >= 15 is 0 Å². The molecule has 0 bridgehead atoms. The molecule has 1 heterocycles. The fourth-order valence-corrected chi connectivity index (χ4v) is 4.66. The zero-order chi connectivity index (χ0) is 17.9. The molecule has 1 saturated heterocycles. The lowest BCUT2D eigenvalue weighted by molar-refractivity contribution is -0.131. The van der Waals surface area contributed by atoms with Crippen molar-refractivity contribution in [2.24, 2.45) is 0 Å². The molecule has 2 fully saturated rings. The molecule has 0 unspecified atom stereocenters. The molecular weight excluding hydrogens is 340 g/mol. The third-order valence-corrected chi connectivity index (χ3v) is 6.42. The molecule has 1 N–H and O–H groups in total. The Morgan fingerprint density at radius 2 is 1.72 bits per heavy atom. The largest absolute Gasteiger partial charge is 0.490 e. The van der Waals surface area contributed by atoms with Gasteiger partial charge in [0.1, 0.15) is 5.75 Å². The second kappa shape index (κ2) is 7.74. The molecule has 1 aromatic rings. The first-order valence-electron chi connectivity index (χ1n) is 9.03. The third kappa shape index (κ3) is 4.52. The van der Waals surface area contributed by atoms with Crippen LogP contribution in [0.15, 0.2) is 29.2 Å². The summed E-state index contributed by atoms with van der Waals surface area (Å²) in [4.78, 5) is 14.1. The number of benzene rings is 1. The summed E-state index contributed by atoms with van der Waals surface area (Å²) < 4.78 is 33.3. The van der Waals surface area contributed by atoms with Gasteiger partial charge in [-0.3, -0.25) is 4.79 Å². The van der Waals surface area contributed by atoms with Crippen molar-refractivity contribution in [3.05, 3.63) is 24.3 Å². The maximum Gasteiger partial charge on any atom is 0.241 e. The minimum absolute atomic E-state index is 0.146. The predicted molar refractivity (Wildman–Crippen MR) is 94.9 cm³/mol. The molecule has 1 saturated carbocycles. The van der Waals surface area contributed by atoms with Crippen molar-refractivity contribution in [3.63, 3.8) is 0 Å². The maximum atomic E-state index is 12.5. The number of amides is 1. The van der Waals surface area contributed by atoms with Crippen LogP contribution in [0.25, 0.3) is 0 Å². The van der Waals surface area contributed by atoms with Crippen molar-refractivity contribution in [2.75, 3.05) is 13.1 Å². The van der Waals surface area contributed by atoms with Crippen LogP contribution in [-0.2, 0) is 14.8 Å². The van der Waals surface area contributed by atoms with Gasteiger partial charge in [0.05, 0.1) is 17.0 Å². The Morgan fingerprint density at radius 3 is 2.32 bits per heavy atom. The first-order chi connectivity index (χ1) is 12.0. The van der Waals surface area contributed by atoms with Gasteiger partial charge in [0.2, 0.25) is 15.9 Å². The lowest BCUT2D eigenvalue weighted by Gasteiger charge is -2.21. The molecule has 1 atom stereocenters. The summed E-state index contributed by atoms with van der Waals surface area (Å²) in [5.41, 5.74) is 0. The summed E-state index contributed by atoms with van der Waals surface area (Å²) in [5.74, 6) is 0.523. The minimum Gasteiger partial charge on any atom is -0.490 e. The number of likely N-dealkylation sites (tertiary alicyclic amines) is 1. The van der Waals surface area contributed by atoms with Crippen molar-refractivity contribution < 1.29 is 17.9 Å². The number of rotatable bonds is 6. The Hall–Kier alpha value is -1.60. The number of nitrogens with one attached hydrogen (secondary N) is 1. The third-order valence-electron chi connectivity index (χ3n) is 4.86. The number of ether oxygens (including phenoxy) is 1. The van der Waals surface area contributed by atoms with E-state index in [0.717, 1.165) is 25.7 Å². The Bertz CT molecular complexity index is 690. The Balaban J connectivity index is 1.61. The zero-order valence-corrected chi connectivity index (χ0v) is 15.4. The number of hydrogen-bond acceptors (Lipinski definition) is 4. The molecule has 25 heavy (non-hydrogen) atoms. The molecule has 1 aliphatic heterocycles. The van der Waals surface area contributed by atoms with Crippen LogP contribution in [0, 0.1) is 0 Å². The first kappa shape index (κ1) is 18.2. The van der Waals surface area contributed by atoms with Gasteiger partial charge < -0.3 is 9.64 Å². The summed E-state index contributed by atoms with van der Waals surface area (Å²) >= 11 is 0. The van der Waals surface area contributed by atoms with Gasteiger partial charge in [-0.15, -0.1) is 0 Å². The normalized spacial score (nSPS) is 20.0. The molecule has 6 nitrogen and oxygen atoms in total. The van der Waals surface area contributed by atoms with E-state index in [1.54, 1.807) is 24.0 Å². The summed E-state index contributed by atoms with van der Waals surface area (Å²) in [6, 6.07) is 5.65. The highest BCUT2D eigenvalue weighted by Crippen LogP contribution is 2.25. The van der Waals surface area contributed by atoms with Crippen molar-refractivity contribution in [1.29, 1.82) is 0 Å². The standard InChI is InChI=1S/C18H26N2O4S/c1-14(18(21)20-12-4-5-13-20)19-25(22,23)17-10-8-16(9-11-17)24-15-6-2-3-7-15/h8-11,14-15,19H,2-7,12-13H2,1H3/t14-/m0/s1. The topological polar surface area (TPSA) is 75.7 Å². The highest BCUT2D eigenvalue weighted by molar-refractivity contribution is 7.89. The van der Waals surface area contributed by atoms with E-state index in [1.807, 2.05) is 0 Å². The van der Waals surface area contributed by atoms with Crippen LogP contribution in [0.5, 0.6) is 5.75 Å². The van der Waals surface area contributed by atoms with Crippen LogP contribution in [0.1, 0.15) is 45.4 Å². The molecule has 1 amide bonds. The van der Waals surface area contributed by atoms with Gasteiger partial charge in [0.15, 0.2) is 0 Å². The summed E-state index contributed by atoms with van der Waals surface area (Å²) in [5, 5.41) is 0. The summed E-state index contributed by atoms with van der Waals surface area (Å²) in [7, 11) is -3.73. The number of hydrogen-bond donors (Lipinski definition) is 1. The van der Waals surface area contributed by atoms with Gasteiger partial charge in [-0.1, -0.05) is 0 Å². The lowest BCUT2D eigenvalue weighted by Crippen LogP contribution is -2.45. The van der Waals surface area contributed by atoms with E-state index in [0.29, 0.717) is 18.8 Å². The molecule has 0 spiro atoms. The van der Waals surface area contributed by atoms with Crippen molar-refractivity contribution >= 4 is 15.9 Å². The molecule has 1 aliphatic carbocycles. The number of sulfonamides is 1. The van der Waals surface area contributed by atoms with Gasteiger partial charge in [0, 0.05) is 13.1 Å². The van der Waals surface area contributed by atoms with E-state index in [2.05, 4.69) is 4.72 Å². The average molecular weight is 366 g/mol. The molecule has 3 rings (SSSR count). The highest BCUT2D eigenvalue weighted by atomic mass is 32.2. The maximum absolute atomic E-state index is 12.5. The number of carbonyl (C=O) groups excluding carboxylic acids is 1. The van der Waals surface area contributed by atoms with Gasteiger partial charge in [0.25, 0.3) is 0 Å². The van der Waals surface area contributed by atoms with Crippen molar-refractivity contribution in [2.45, 2.75) is 62.5 Å². The van der Waals surface area contributed by atoms with Crippen LogP contribution < -0.4 is 9.46 Å². The molecule has 2 aliphatic rings. The molecule has 7 heteroatoms. The van der Waals surface area contributed by atoms with Crippen LogP contribution in [-0.4, -0.2) is 44.5 Å². The van der Waals surface area contributed by atoms with Crippen molar-refractivity contribution in [3.8, 4) is 5.75 Å². The average Bonchev–Trinajstić information content (AvgIpc) is 3.28. The van der Waals surface area contributed by atoms with Gasteiger partial charge in [-0.2, -0.15) is 4.72 Å². The van der Waals surface area contributed by atoms with Crippen LogP contribution >= 0.6 is 0 Å². The Labute approximate surface area is 149 Å². The monoisotopic (exact) mass is 366 g/mol. The molecular formula is C18H26N2O4S. The van der Waals surface area contributed by atoms with E-state index in [9.17, 15) is 13.2 Å². The summed E-state index contributed by atoms with van der Waals surface area (Å²) in [6.07, 6.45) is 6.67. The minimum atomic E-state index is -3.73. The van der Waals surface area contributed by atoms with E-state index < -0.39 is 16.1 Å². The zero-order valence-electron chi connectivity index (χ0n) is 14.6. The molecule has 0 radical (unpaired) electrons. The highest BCUT2D eigenvalue weighted by Gasteiger charge is 2.27. The smallest absolute Gasteiger partial charge is 0.241 e. The number of nitrogens with zero attached hydrogens (tertiary/aromatic N) is 1. The van der Waals surface area contributed by atoms with E-state index in [1.165, 1.54) is 25.0 Å². The molecule has 1 aromatic carbocycles. The molecule has 0 aromatic heterocycles. The fourth-order valence-electron chi connectivity index (χ4n) is 3.46. The lowest BCUT2D eigenvalue weighted by atomic mass is 10.3. The van der Waals surface area contributed by atoms with Gasteiger partial charge in [-0.05, 0) is 69.7 Å². The number of carbonyl (C=O) groups is 1. The molecule has 138 valence electrons. The summed E-state index contributed by atoms with van der Waals surface area (Å²) in [6.45, 7) is 3.01. The predicted octanol–water partition coefficient (Wildman–Crippen LogP) is 2.30. The van der Waals surface area contributed by atoms with Crippen LogP contribution in [0.4, 0.5) is 0 Å². The fraction of sp³-hybridized carbons (Fsp3) is 0.611. The first-order valence-corrected chi connectivity index (χ1v) is 10.5. The van der Waals surface area contributed by atoms with Gasteiger partial charge >= 0.3 is 0 Å². The van der Waals surface area contributed by atoms with Crippen molar-refractivity contribution in [1.82, 2.24) is 9.62 Å². The Morgan fingerprint density at radius 1 is 1.12 bits per heavy atom.